The number of methoxy groups -OCH3 is 1. The van der Waals surface area contributed by atoms with E-state index in [0.29, 0.717) is 5.69 Å². The molecule has 180 valence electrons. The molecule has 6 nitrogen and oxygen atoms in total. The zero-order valence-electron chi connectivity index (χ0n) is 18.7. The van der Waals surface area contributed by atoms with Gasteiger partial charge in [-0.25, -0.2) is 18.6 Å². The highest BCUT2D eigenvalue weighted by atomic mass is 19.4. The van der Waals surface area contributed by atoms with Crippen molar-refractivity contribution in [3.05, 3.63) is 73.7 Å². The molecule has 0 aliphatic carbocycles. The van der Waals surface area contributed by atoms with Crippen LogP contribution in [0.3, 0.4) is 0 Å². The minimum Gasteiger partial charge on any atom is -0.465 e. The van der Waals surface area contributed by atoms with Crippen LogP contribution in [0.5, 0.6) is 11.6 Å². The molecule has 1 aromatic carbocycles. The Morgan fingerprint density at radius 2 is 1.71 bits per heavy atom. The quantitative estimate of drug-likeness (QED) is 0.390. The van der Waals surface area contributed by atoms with Crippen molar-refractivity contribution >= 4 is 5.97 Å². The van der Waals surface area contributed by atoms with E-state index in [-0.39, 0.29) is 33.7 Å². The fourth-order valence-electron chi connectivity index (χ4n) is 3.30. The molecule has 0 aliphatic rings. The van der Waals surface area contributed by atoms with Gasteiger partial charge < -0.3 is 14.5 Å². The number of carbonyl (C=O) groups excluding carboxylic acids is 1. The number of halogens is 5. The fourth-order valence-corrected chi connectivity index (χ4v) is 3.30. The number of carbonyl (C=O) groups is 1. The van der Waals surface area contributed by atoms with Gasteiger partial charge in [-0.05, 0) is 51.5 Å². The normalized spacial score (nSPS) is 11.5. The first-order chi connectivity index (χ1) is 15.8. The second-order valence-corrected chi connectivity index (χ2v) is 7.54. The molecule has 3 rings (SSSR count). The number of alkyl halides is 3. The average molecular weight is 482 g/mol. The van der Waals surface area contributed by atoms with Crippen LogP contribution < -0.4 is 10.2 Å². The van der Waals surface area contributed by atoms with Crippen LogP contribution in [0.4, 0.5) is 22.0 Å². The predicted octanol–water partition coefficient (Wildman–Crippen LogP) is 5.55. The third-order valence-electron chi connectivity index (χ3n) is 5.29. The van der Waals surface area contributed by atoms with E-state index < -0.39 is 46.3 Å². The summed E-state index contributed by atoms with van der Waals surface area (Å²) in [5.74, 6) is -4.46. The van der Waals surface area contributed by atoms with Crippen LogP contribution in [0, 0.1) is 39.3 Å². The van der Waals surface area contributed by atoms with Crippen molar-refractivity contribution in [1.82, 2.24) is 9.97 Å². The number of rotatable bonds is 4. The second-order valence-electron chi connectivity index (χ2n) is 7.54. The summed E-state index contributed by atoms with van der Waals surface area (Å²) in [6, 6.07) is 2.80. The van der Waals surface area contributed by atoms with Crippen molar-refractivity contribution in [3.8, 4) is 22.9 Å². The van der Waals surface area contributed by atoms with Gasteiger partial charge in [0.25, 0.3) is 0 Å². The molecule has 2 aromatic heterocycles. The number of esters is 1. The number of hydrogen-bond donors (Lipinski definition) is 1. The first-order valence-electron chi connectivity index (χ1n) is 9.81. The van der Waals surface area contributed by atoms with E-state index >= 15 is 0 Å². The Hall–Kier alpha value is -3.76. The Kier molecular flexibility index (Phi) is 6.50. The highest BCUT2D eigenvalue weighted by Gasteiger charge is 2.36. The number of pyridine rings is 2. The summed E-state index contributed by atoms with van der Waals surface area (Å²) < 4.78 is 78.5. The molecule has 2 heterocycles. The molecule has 0 saturated carbocycles. The monoisotopic (exact) mass is 482 g/mol. The lowest BCUT2D eigenvalue weighted by atomic mass is 10.0. The lowest BCUT2D eigenvalue weighted by Crippen LogP contribution is -2.23. The molecule has 0 bridgehead atoms. The van der Waals surface area contributed by atoms with Crippen molar-refractivity contribution in [2.75, 3.05) is 7.11 Å². The van der Waals surface area contributed by atoms with Crippen molar-refractivity contribution in [2.45, 2.75) is 33.9 Å². The van der Waals surface area contributed by atoms with Gasteiger partial charge in [0.15, 0.2) is 22.8 Å². The maximum Gasteiger partial charge on any atom is 0.433 e. The van der Waals surface area contributed by atoms with Gasteiger partial charge in [0.1, 0.15) is 11.3 Å². The third kappa shape index (κ3) is 4.37. The summed E-state index contributed by atoms with van der Waals surface area (Å²) in [6.07, 6.45) is -4.87. The lowest BCUT2D eigenvalue weighted by molar-refractivity contribution is -0.141. The summed E-state index contributed by atoms with van der Waals surface area (Å²) in [5.41, 5.74) is -2.97. The van der Waals surface area contributed by atoms with Crippen molar-refractivity contribution in [2.24, 2.45) is 0 Å². The Balaban J connectivity index is 2.39. The largest absolute Gasteiger partial charge is 0.465 e. The maximum atomic E-state index is 14.1. The highest BCUT2D eigenvalue weighted by molar-refractivity contribution is 5.97. The molecular weight excluding hydrogens is 463 g/mol. The molecule has 11 heteroatoms. The Bertz CT molecular complexity index is 1360. The van der Waals surface area contributed by atoms with E-state index in [1.165, 1.54) is 20.8 Å². The van der Waals surface area contributed by atoms with Crippen LogP contribution in [-0.2, 0) is 10.9 Å². The van der Waals surface area contributed by atoms with Gasteiger partial charge in [-0.2, -0.15) is 13.2 Å². The minimum atomic E-state index is -4.87. The number of H-pyrrole nitrogens is 1. The van der Waals surface area contributed by atoms with Crippen LogP contribution >= 0.6 is 0 Å². The molecule has 0 radical (unpaired) electrons. The summed E-state index contributed by atoms with van der Waals surface area (Å²) in [5, 5.41) is 0. The molecule has 0 fully saturated rings. The summed E-state index contributed by atoms with van der Waals surface area (Å²) in [4.78, 5) is 31.7. The molecule has 0 atom stereocenters. The molecule has 1 N–H and O–H groups in total. The highest BCUT2D eigenvalue weighted by Crippen LogP contribution is 2.39. The van der Waals surface area contributed by atoms with Gasteiger partial charge >= 0.3 is 12.1 Å². The minimum absolute atomic E-state index is 0.185. The Morgan fingerprint density at radius 3 is 2.29 bits per heavy atom. The Morgan fingerprint density at radius 1 is 1.06 bits per heavy atom. The summed E-state index contributed by atoms with van der Waals surface area (Å²) in [7, 11) is 1.04. The smallest absolute Gasteiger partial charge is 0.433 e. The third-order valence-corrected chi connectivity index (χ3v) is 5.29. The Labute approximate surface area is 190 Å². The SMILES string of the molecule is COC(=O)c1c(-c2cc(C)c(C(F)(F)F)nc2Oc2ccc(F)c(F)c2C)[nH]c(C)c(C)c1=O. The second kappa shape index (κ2) is 8.88. The van der Waals surface area contributed by atoms with Gasteiger partial charge in [-0.1, -0.05) is 0 Å². The van der Waals surface area contributed by atoms with E-state index in [4.69, 9.17) is 9.47 Å². The summed E-state index contributed by atoms with van der Waals surface area (Å²) in [6.45, 7) is 5.31. The first kappa shape index (κ1) is 24.9. The van der Waals surface area contributed by atoms with Gasteiger partial charge in [0, 0.05) is 16.8 Å². The van der Waals surface area contributed by atoms with Gasteiger partial charge in [-0.15, -0.1) is 0 Å². The van der Waals surface area contributed by atoms with E-state index in [1.807, 2.05) is 0 Å². The molecule has 34 heavy (non-hydrogen) atoms. The number of aromatic nitrogens is 2. The van der Waals surface area contributed by atoms with Crippen molar-refractivity contribution in [3.63, 3.8) is 0 Å². The van der Waals surface area contributed by atoms with Gasteiger partial charge in [0.05, 0.1) is 18.4 Å². The molecule has 0 unspecified atom stereocenters. The molecule has 3 aromatic rings. The van der Waals surface area contributed by atoms with Gasteiger partial charge in [0.2, 0.25) is 5.88 Å². The van der Waals surface area contributed by atoms with Crippen molar-refractivity contribution in [1.29, 1.82) is 0 Å². The first-order valence-corrected chi connectivity index (χ1v) is 9.81. The van der Waals surface area contributed by atoms with Crippen LogP contribution in [-0.4, -0.2) is 23.0 Å². The molecule has 0 saturated heterocycles. The number of nitrogens with one attached hydrogen (secondary N) is 1. The maximum absolute atomic E-state index is 14.1. The number of ether oxygens (including phenoxy) is 2. The number of nitrogens with zero attached hydrogens (tertiary/aromatic N) is 1. The summed E-state index contributed by atoms with van der Waals surface area (Å²) >= 11 is 0. The van der Waals surface area contributed by atoms with Crippen LogP contribution in [0.1, 0.15) is 38.4 Å². The van der Waals surface area contributed by atoms with E-state index in [9.17, 15) is 31.5 Å². The number of hydrogen-bond acceptors (Lipinski definition) is 5. The molecule has 0 spiro atoms. The van der Waals surface area contributed by atoms with Crippen LogP contribution in [0.25, 0.3) is 11.3 Å². The average Bonchev–Trinajstić information content (AvgIpc) is 2.77. The topological polar surface area (TPSA) is 81.3 Å². The number of aromatic amines is 1. The lowest BCUT2D eigenvalue weighted by Gasteiger charge is -2.18. The van der Waals surface area contributed by atoms with Crippen LogP contribution in [0.15, 0.2) is 23.0 Å². The molecule has 0 amide bonds. The predicted molar refractivity (Wildman–Crippen MR) is 112 cm³/mol. The molecule has 0 aliphatic heterocycles. The standard InChI is InChI=1S/C23H19F5N2O4/c1-9-8-13(18-16(22(32)33-5)19(31)10(2)12(4)29-18)21(30-20(9)23(26,27)28)34-15-7-6-14(24)17(25)11(15)3/h6-8H,1-5H3,(H,29,31). The zero-order valence-corrected chi connectivity index (χ0v) is 18.7. The van der Waals surface area contributed by atoms with E-state index in [0.717, 1.165) is 32.2 Å². The van der Waals surface area contributed by atoms with Crippen LogP contribution in [0.2, 0.25) is 0 Å². The zero-order chi connectivity index (χ0) is 25.5. The van der Waals surface area contributed by atoms with E-state index in [2.05, 4.69) is 9.97 Å². The number of aryl methyl sites for hydroxylation is 2. The molecular formula is C23H19F5N2O4. The van der Waals surface area contributed by atoms with Gasteiger partial charge in [-0.3, -0.25) is 4.79 Å². The fraction of sp³-hybridized carbons (Fsp3) is 0.261. The van der Waals surface area contributed by atoms with Crippen molar-refractivity contribution < 1.29 is 36.2 Å². The number of benzene rings is 1. The van der Waals surface area contributed by atoms with E-state index in [1.54, 1.807) is 0 Å².